The van der Waals surface area contributed by atoms with Gasteiger partial charge in [-0.1, -0.05) is 30.8 Å². The van der Waals surface area contributed by atoms with Crippen molar-refractivity contribution < 1.29 is 4.79 Å². The average Bonchev–Trinajstić information content (AvgIpc) is 2.36. The first-order valence-electron chi connectivity index (χ1n) is 5.18. The highest BCUT2D eigenvalue weighted by Crippen LogP contribution is 2.28. The van der Waals surface area contributed by atoms with Gasteiger partial charge in [0.05, 0.1) is 6.07 Å². The predicted octanol–water partition coefficient (Wildman–Crippen LogP) is 1.82. The van der Waals surface area contributed by atoms with E-state index >= 15 is 0 Å². The van der Waals surface area contributed by atoms with Crippen molar-refractivity contribution in [2.75, 3.05) is 6.54 Å². The van der Waals surface area contributed by atoms with Crippen LogP contribution in [0.3, 0.4) is 0 Å². The molecule has 0 spiro atoms. The molecule has 1 heterocycles. The summed E-state index contributed by atoms with van der Waals surface area (Å²) in [5.41, 5.74) is 2.09. The molecule has 2 rings (SSSR count). The Morgan fingerprint density at radius 3 is 3.00 bits per heavy atom. The lowest BCUT2D eigenvalue weighted by atomic mass is 9.93. The third-order valence-corrected chi connectivity index (χ3v) is 2.86. The van der Waals surface area contributed by atoms with Crippen molar-refractivity contribution in [3.8, 4) is 6.07 Å². The van der Waals surface area contributed by atoms with Crippen molar-refractivity contribution in [1.82, 2.24) is 4.90 Å². The van der Waals surface area contributed by atoms with Gasteiger partial charge in [-0.3, -0.25) is 4.79 Å². The molecule has 0 unspecified atom stereocenters. The van der Waals surface area contributed by atoms with Crippen molar-refractivity contribution in [2.45, 2.75) is 12.5 Å². The summed E-state index contributed by atoms with van der Waals surface area (Å²) in [5, 5.41) is 9.17. The maximum Gasteiger partial charge on any atom is 0.247 e. The molecule has 1 atom stereocenters. The molecule has 3 nitrogen and oxygen atoms in total. The van der Waals surface area contributed by atoms with E-state index in [1.165, 1.54) is 6.08 Å². The maximum atomic E-state index is 11.6. The van der Waals surface area contributed by atoms with Crippen LogP contribution in [0.2, 0.25) is 0 Å². The van der Waals surface area contributed by atoms with Gasteiger partial charge in [0.25, 0.3) is 0 Å². The Hall–Kier alpha value is -2.08. The number of amides is 1. The lowest BCUT2D eigenvalue weighted by molar-refractivity contribution is -0.127. The molecule has 0 saturated carbocycles. The van der Waals surface area contributed by atoms with E-state index in [2.05, 4.69) is 12.6 Å². The molecular weight excluding hydrogens is 200 g/mol. The van der Waals surface area contributed by atoms with Crippen LogP contribution in [0, 0.1) is 11.3 Å². The molecule has 0 fully saturated rings. The maximum absolute atomic E-state index is 11.6. The molecule has 1 aliphatic rings. The van der Waals surface area contributed by atoms with Gasteiger partial charge in [-0.25, -0.2) is 0 Å². The highest BCUT2D eigenvalue weighted by molar-refractivity contribution is 5.87. The number of carbonyl (C=O) groups excluding carboxylic acids is 1. The Kier molecular flexibility index (Phi) is 2.74. The smallest absolute Gasteiger partial charge is 0.247 e. The number of fused-ring (bicyclic) bond motifs is 1. The molecule has 0 N–H and O–H groups in total. The highest BCUT2D eigenvalue weighted by atomic mass is 16.2. The van der Waals surface area contributed by atoms with E-state index in [-0.39, 0.29) is 5.91 Å². The summed E-state index contributed by atoms with van der Waals surface area (Å²) >= 11 is 0. The average molecular weight is 212 g/mol. The molecule has 0 aliphatic carbocycles. The van der Waals surface area contributed by atoms with Gasteiger partial charge in [0.15, 0.2) is 0 Å². The number of nitrogens with zero attached hydrogens (tertiary/aromatic N) is 2. The Morgan fingerprint density at radius 2 is 2.31 bits per heavy atom. The molecule has 1 aliphatic heterocycles. The van der Waals surface area contributed by atoms with E-state index in [0.29, 0.717) is 6.54 Å². The quantitative estimate of drug-likeness (QED) is 0.666. The third-order valence-electron chi connectivity index (χ3n) is 2.86. The molecule has 0 radical (unpaired) electrons. The SMILES string of the molecule is C=CC(=O)N1CCc2ccccc2[C@H]1C#N. The van der Waals surface area contributed by atoms with Crippen LogP contribution in [-0.4, -0.2) is 17.4 Å². The number of nitriles is 1. The zero-order valence-corrected chi connectivity index (χ0v) is 8.89. The Morgan fingerprint density at radius 1 is 1.56 bits per heavy atom. The van der Waals surface area contributed by atoms with Crippen LogP contribution in [-0.2, 0) is 11.2 Å². The van der Waals surface area contributed by atoms with Crippen molar-refractivity contribution in [3.05, 3.63) is 48.0 Å². The second kappa shape index (κ2) is 4.19. The number of hydrogen-bond acceptors (Lipinski definition) is 2. The van der Waals surface area contributed by atoms with E-state index in [1.54, 1.807) is 4.90 Å². The van der Waals surface area contributed by atoms with E-state index < -0.39 is 6.04 Å². The van der Waals surface area contributed by atoms with Gasteiger partial charge in [-0.15, -0.1) is 0 Å². The molecule has 16 heavy (non-hydrogen) atoms. The summed E-state index contributed by atoms with van der Waals surface area (Å²) < 4.78 is 0. The first kappa shape index (κ1) is 10.4. The molecule has 0 bridgehead atoms. The first-order chi connectivity index (χ1) is 7.77. The number of rotatable bonds is 1. The third kappa shape index (κ3) is 1.59. The summed E-state index contributed by atoms with van der Waals surface area (Å²) in [6, 6.07) is 9.47. The standard InChI is InChI=1S/C13H12N2O/c1-2-13(16)15-8-7-10-5-3-4-6-11(10)12(15)9-14/h2-6,12H,1,7-8H2/t12-/m1/s1. The lowest BCUT2D eigenvalue weighted by Gasteiger charge is -2.32. The summed E-state index contributed by atoms with van der Waals surface area (Å²) in [5.74, 6) is -0.180. The van der Waals surface area contributed by atoms with Gasteiger partial charge in [-0.05, 0) is 23.6 Å². The Bertz CT molecular complexity index is 473. The summed E-state index contributed by atoms with van der Waals surface area (Å²) in [6.45, 7) is 4.04. The molecule has 80 valence electrons. The first-order valence-corrected chi connectivity index (χ1v) is 5.18. The van der Waals surface area contributed by atoms with E-state index in [1.807, 2.05) is 24.3 Å². The minimum Gasteiger partial charge on any atom is -0.319 e. The van der Waals surface area contributed by atoms with Crippen molar-refractivity contribution >= 4 is 5.91 Å². The van der Waals surface area contributed by atoms with E-state index in [0.717, 1.165) is 17.5 Å². The van der Waals surface area contributed by atoms with Crippen LogP contribution in [0.5, 0.6) is 0 Å². The van der Waals surface area contributed by atoms with Crippen LogP contribution in [0.15, 0.2) is 36.9 Å². The van der Waals surface area contributed by atoms with Crippen molar-refractivity contribution in [1.29, 1.82) is 5.26 Å². The molecule has 1 aromatic rings. The van der Waals surface area contributed by atoms with Gasteiger partial charge in [0.1, 0.15) is 6.04 Å². The normalized spacial score (nSPS) is 18.4. The second-order valence-corrected chi connectivity index (χ2v) is 3.72. The van der Waals surface area contributed by atoms with Crippen LogP contribution < -0.4 is 0 Å². The van der Waals surface area contributed by atoms with E-state index in [9.17, 15) is 10.1 Å². The van der Waals surface area contributed by atoms with Gasteiger partial charge in [0, 0.05) is 6.54 Å². The van der Waals surface area contributed by atoms with Gasteiger partial charge >= 0.3 is 0 Å². The van der Waals surface area contributed by atoms with E-state index in [4.69, 9.17) is 0 Å². The molecule has 3 heteroatoms. The topological polar surface area (TPSA) is 44.1 Å². The molecular formula is C13H12N2O. The minimum absolute atomic E-state index is 0.180. The molecule has 0 saturated heterocycles. The predicted molar refractivity (Wildman–Crippen MR) is 60.4 cm³/mol. The number of hydrogen-bond donors (Lipinski definition) is 0. The summed E-state index contributed by atoms with van der Waals surface area (Å²) in [7, 11) is 0. The molecule has 1 aromatic carbocycles. The molecule has 1 amide bonds. The largest absolute Gasteiger partial charge is 0.319 e. The Labute approximate surface area is 94.6 Å². The van der Waals surface area contributed by atoms with Crippen LogP contribution in [0.4, 0.5) is 0 Å². The van der Waals surface area contributed by atoms with Crippen LogP contribution >= 0.6 is 0 Å². The molecule has 0 aromatic heterocycles. The number of benzene rings is 1. The van der Waals surface area contributed by atoms with Crippen LogP contribution in [0.25, 0.3) is 0 Å². The fourth-order valence-corrected chi connectivity index (χ4v) is 2.06. The monoisotopic (exact) mass is 212 g/mol. The van der Waals surface area contributed by atoms with Gasteiger partial charge < -0.3 is 4.90 Å². The Balaban J connectivity index is 2.42. The second-order valence-electron chi connectivity index (χ2n) is 3.72. The number of carbonyl (C=O) groups is 1. The van der Waals surface area contributed by atoms with Crippen LogP contribution in [0.1, 0.15) is 17.2 Å². The zero-order chi connectivity index (χ0) is 11.5. The van der Waals surface area contributed by atoms with Gasteiger partial charge in [-0.2, -0.15) is 5.26 Å². The lowest BCUT2D eigenvalue weighted by Crippen LogP contribution is -2.38. The van der Waals surface area contributed by atoms with Gasteiger partial charge in [0.2, 0.25) is 5.91 Å². The van der Waals surface area contributed by atoms with Crippen molar-refractivity contribution in [2.24, 2.45) is 0 Å². The fraction of sp³-hybridized carbons (Fsp3) is 0.231. The summed E-state index contributed by atoms with van der Waals surface area (Å²) in [6.07, 6.45) is 2.06. The highest BCUT2D eigenvalue weighted by Gasteiger charge is 2.28. The zero-order valence-electron chi connectivity index (χ0n) is 8.89. The fourth-order valence-electron chi connectivity index (χ4n) is 2.06. The van der Waals surface area contributed by atoms with Crippen molar-refractivity contribution in [3.63, 3.8) is 0 Å². The minimum atomic E-state index is -0.476. The summed E-state index contributed by atoms with van der Waals surface area (Å²) in [4.78, 5) is 13.2.